The molecule has 2 nitrogen and oxygen atoms in total. The maximum Gasteiger partial charge on any atom is 0.0252 e. The van der Waals surface area contributed by atoms with Gasteiger partial charge in [-0.1, -0.05) is 39.5 Å². The molecule has 2 unspecified atom stereocenters. The van der Waals surface area contributed by atoms with E-state index in [1.165, 1.54) is 51.5 Å². The van der Waals surface area contributed by atoms with Gasteiger partial charge in [-0.05, 0) is 46.2 Å². The lowest BCUT2D eigenvalue weighted by molar-refractivity contribution is 0.102. The topological polar surface area (TPSA) is 15.3 Å². The fourth-order valence-electron chi connectivity index (χ4n) is 3.43. The van der Waals surface area contributed by atoms with E-state index in [9.17, 15) is 0 Å². The van der Waals surface area contributed by atoms with Crippen molar-refractivity contribution in [1.29, 1.82) is 0 Å². The second kappa shape index (κ2) is 8.92. The fourth-order valence-corrected chi connectivity index (χ4v) is 3.43. The average Bonchev–Trinajstić information content (AvgIpc) is 2.31. The Kier molecular flexibility index (Phi) is 7.92. The number of rotatable bonds is 6. The van der Waals surface area contributed by atoms with Crippen LogP contribution in [0.15, 0.2) is 0 Å². The summed E-state index contributed by atoms with van der Waals surface area (Å²) in [4.78, 5) is 2.75. The number of hydrogen-bond acceptors (Lipinski definition) is 2. The molecule has 0 radical (unpaired) electrons. The summed E-state index contributed by atoms with van der Waals surface area (Å²) in [7, 11) is 0. The van der Waals surface area contributed by atoms with E-state index >= 15 is 0 Å². The molecule has 1 saturated carbocycles. The molecule has 0 bridgehead atoms. The molecule has 1 aliphatic rings. The van der Waals surface area contributed by atoms with Gasteiger partial charge in [0.25, 0.3) is 0 Å². The van der Waals surface area contributed by atoms with E-state index in [1.807, 2.05) is 0 Å². The minimum absolute atomic E-state index is 0.676. The molecule has 0 aromatic carbocycles. The Hall–Kier alpha value is -0.0800. The highest BCUT2D eigenvalue weighted by Gasteiger charge is 2.28. The summed E-state index contributed by atoms with van der Waals surface area (Å²) in [5.41, 5.74) is 0. The van der Waals surface area contributed by atoms with E-state index in [0.717, 1.165) is 12.6 Å². The zero-order chi connectivity index (χ0) is 13.4. The summed E-state index contributed by atoms with van der Waals surface area (Å²) in [5, 5.41) is 3.75. The Morgan fingerprint density at radius 1 is 1.06 bits per heavy atom. The standard InChI is InChI=1S/C16H34N2/c1-5-13-18(14(3)4)16-12-10-8-7-9-11-15(16)17-6-2/h14-17H,5-13H2,1-4H3. The van der Waals surface area contributed by atoms with Gasteiger partial charge < -0.3 is 5.32 Å². The molecular weight excluding hydrogens is 220 g/mol. The highest BCUT2D eigenvalue weighted by molar-refractivity contribution is 4.87. The van der Waals surface area contributed by atoms with Gasteiger partial charge in [-0.2, -0.15) is 0 Å². The lowest BCUT2D eigenvalue weighted by atomic mass is 9.90. The summed E-state index contributed by atoms with van der Waals surface area (Å²) in [5.74, 6) is 0. The fraction of sp³-hybridized carbons (Fsp3) is 1.00. The molecule has 1 rings (SSSR count). The molecule has 0 saturated heterocycles. The molecular formula is C16H34N2. The van der Waals surface area contributed by atoms with Crippen molar-refractivity contribution in [3.63, 3.8) is 0 Å². The first kappa shape index (κ1) is 16.0. The lowest BCUT2D eigenvalue weighted by Gasteiger charge is -2.41. The van der Waals surface area contributed by atoms with Crippen LogP contribution in [0.4, 0.5) is 0 Å². The van der Waals surface area contributed by atoms with Gasteiger partial charge >= 0.3 is 0 Å². The van der Waals surface area contributed by atoms with Gasteiger partial charge in [-0.15, -0.1) is 0 Å². The highest BCUT2D eigenvalue weighted by Crippen LogP contribution is 2.23. The quantitative estimate of drug-likeness (QED) is 0.775. The summed E-state index contributed by atoms with van der Waals surface area (Å²) in [6.07, 6.45) is 9.72. The van der Waals surface area contributed by atoms with Gasteiger partial charge in [0.1, 0.15) is 0 Å². The molecule has 108 valence electrons. The Bertz CT molecular complexity index is 203. The first-order chi connectivity index (χ1) is 8.70. The number of nitrogens with one attached hydrogen (secondary N) is 1. The predicted molar refractivity (Wildman–Crippen MR) is 81.1 cm³/mol. The first-order valence-corrected chi connectivity index (χ1v) is 8.19. The summed E-state index contributed by atoms with van der Waals surface area (Å²) in [6.45, 7) is 11.6. The Morgan fingerprint density at radius 3 is 2.28 bits per heavy atom. The molecule has 0 aliphatic heterocycles. The van der Waals surface area contributed by atoms with Crippen LogP contribution in [0.3, 0.4) is 0 Å². The first-order valence-electron chi connectivity index (χ1n) is 8.19. The Labute approximate surface area is 115 Å². The third-order valence-corrected chi connectivity index (χ3v) is 4.27. The molecule has 2 heteroatoms. The zero-order valence-electron chi connectivity index (χ0n) is 13.0. The van der Waals surface area contributed by atoms with Crippen LogP contribution in [-0.4, -0.2) is 36.1 Å². The maximum absolute atomic E-state index is 3.75. The highest BCUT2D eigenvalue weighted by atomic mass is 15.2. The van der Waals surface area contributed by atoms with Crippen LogP contribution in [0, 0.1) is 0 Å². The summed E-state index contributed by atoms with van der Waals surface area (Å²) < 4.78 is 0. The number of likely N-dealkylation sites (N-methyl/N-ethyl adjacent to an activating group) is 1. The van der Waals surface area contributed by atoms with Crippen LogP contribution in [0.1, 0.15) is 72.6 Å². The number of nitrogens with zero attached hydrogens (tertiary/aromatic N) is 1. The van der Waals surface area contributed by atoms with Crippen LogP contribution < -0.4 is 5.32 Å². The van der Waals surface area contributed by atoms with Crippen molar-refractivity contribution in [3.8, 4) is 0 Å². The van der Waals surface area contributed by atoms with Gasteiger partial charge in [-0.25, -0.2) is 0 Å². The van der Waals surface area contributed by atoms with Gasteiger partial charge in [0.05, 0.1) is 0 Å². The van der Waals surface area contributed by atoms with Crippen LogP contribution in [0.25, 0.3) is 0 Å². The lowest BCUT2D eigenvalue weighted by Crippen LogP contribution is -2.53. The molecule has 0 spiro atoms. The van der Waals surface area contributed by atoms with Crippen molar-refractivity contribution in [2.75, 3.05) is 13.1 Å². The molecule has 2 atom stereocenters. The van der Waals surface area contributed by atoms with Gasteiger partial charge in [0.15, 0.2) is 0 Å². The molecule has 18 heavy (non-hydrogen) atoms. The van der Waals surface area contributed by atoms with Crippen molar-refractivity contribution in [3.05, 3.63) is 0 Å². The van der Waals surface area contributed by atoms with Crippen LogP contribution >= 0.6 is 0 Å². The molecule has 1 aliphatic carbocycles. The summed E-state index contributed by atoms with van der Waals surface area (Å²) in [6, 6.07) is 2.14. The monoisotopic (exact) mass is 254 g/mol. The van der Waals surface area contributed by atoms with Crippen molar-refractivity contribution in [2.45, 2.75) is 90.8 Å². The minimum Gasteiger partial charge on any atom is -0.313 e. The minimum atomic E-state index is 0.676. The van der Waals surface area contributed by atoms with Crippen molar-refractivity contribution in [2.24, 2.45) is 0 Å². The van der Waals surface area contributed by atoms with E-state index in [1.54, 1.807) is 0 Å². The zero-order valence-corrected chi connectivity index (χ0v) is 13.0. The Morgan fingerprint density at radius 2 is 1.72 bits per heavy atom. The second-order valence-electron chi connectivity index (χ2n) is 6.05. The SMILES string of the molecule is CCCN(C(C)C)C1CCCCCCC1NCC. The number of hydrogen-bond donors (Lipinski definition) is 1. The second-order valence-corrected chi connectivity index (χ2v) is 6.05. The molecule has 0 aromatic rings. The third kappa shape index (κ3) is 4.89. The average molecular weight is 254 g/mol. The van der Waals surface area contributed by atoms with E-state index in [4.69, 9.17) is 0 Å². The summed E-state index contributed by atoms with van der Waals surface area (Å²) >= 11 is 0. The van der Waals surface area contributed by atoms with Crippen LogP contribution in [0.2, 0.25) is 0 Å². The van der Waals surface area contributed by atoms with E-state index < -0.39 is 0 Å². The molecule has 1 fully saturated rings. The molecule has 0 aromatic heterocycles. The van der Waals surface area contributed by atoms with Crippen LogP contribution in [-0.2, 0) is 0 Å². The van der Waals surface area contributed by atoms with Gasteiger partial charge in [0.2, 0.25) is 0 Å². The smallest absolute Gasteiger partial charge is 0.0252 e. The van der Waals surface area contributed by atoms with Gasteiger partial charge in [-0.3, -0.25) is 4.90 Å². The van der Waals surface area contributed by atoms with E-state index in [2.05, 4.69) is 37.9 Å². The predicted octanol–water partition coefficient (Wildman–Crippen LogP) is 3.81. The van der Waals surface area contributed by atoms with E-state index in [0.29, 0.717) is 12.1 Å². The van der Waals surface area contributed by atoms with Crippen LogP contribution in [0.5, 0.6) is 0 Å². The normalized spacial score (nSPS) is 26.3. The molecule has 0 heterocycles. The molecule has 1 N–H and O–H groups in total. The van der Waals surface area contributed by atoms with Crippen molar-refractivity contribution >= 4 is 0 Å². The maximum atomic E-state index is 3.75. The van der Waals surface area contributed by atoms with Gasteiger partial charge in [0, 0.05) is 18.1 Å². The largest absolute Gasteiger partial charge is 0.313 e. The van der Waals surface area contributed by atoms with E-state index in [-0.39, 0.29) is 0 Å². The van der Waals surface area contributed by atoms with Crippen molar-refractivity contribution in [1.82, 2.24) is 10.2 Å². The third-order valence-electron chi connectivity index (χ3n) is 4.27. The Balaban J connectivity index is 2.72. The van der Waals surface area contributed by atoms with Crippen molar-refractivity contribution < 1.29 is 0 Å². The molecule has 0 amide bonds.